The average molecular weight is 419 g/mol. The highest BCUT2D eigenvalue weighted by Crippen LogP contribution is 2.30. The Labute approximate surface area is 190 Å². The van der Waals surface area contributed by atoms with Crippen LogP contribution in [0.25, 0.3) is 0 Å². The molecule has 2 aromatic carbocycles. The third-order valence-corrected chi connectivity index (χ3v) is 7.58. The Bertz CT molecular complexity index is 675. The molecule has 4 rings (SSSR count). The van der Waals surface area contributed by atoms with Crippen molar-refractivity contribution in [3.05, 3.63) is 71.8 Å². The van der Waals surface area contributed by atoms with Gasteiger partial charge in [-0.05, 0) is 49.3 Å². The molecule has 2 fully saturated rings. The predicted octanol–water partition coefficient (Wildman–Crippen LogP) is 6.58. The van der Waals surface area contributed by atoms with E-state index in [2.05, 4.69) is 70.5 Å². The quantitative estimate of drug-likeness (QED) is 0.402. The van der Waals surface area contributed by atoms with Crippen molar-refractivity contribution in [1.82, 2.24) is 9.80 Å². The standard InChI is InChI=1S/C29H42N2/c1-5-13-26(14-6-1)25-31-23-21-30(22-24-31)20-12-4-11-19-29(27-15-7-2-8-16-27)28-17-9-3-10-18-28/h2-3,7-10,15-18,26,29H,1,4-6,11-14,19-25H2. The fourth-order valence-corrected chi connectivity index (χ4v) is 5.69. The van der Waals surface area contributed by atoms with Crippen molar-refractivity contribution in [1.29, 1.82) is 0 Å². The Balaban J connectivity index is 1.14. The van der Waals surface area contributed by atoms with Gasteiger partial charge in [0.05, 0.1) is 0 Å². The van der Waals surface area contributed by atoms with E-state index in [9.17, 15) is 0 Å². The summed E-state index contributed by atoms with van der Waals surface area (Å²) in [5, 5.41) is 0. The molecule has 0 aromatic heterocycles. The van der Waals surface area contributed by atoms with E-state index in [1.807, 2.05) is 0 Å². The lowest BCUT2D eigenvalue weighted by atomic mass is 9.87. The first-order valence-corrected chi connectivity index (χ1v) is 12.9. The Kier molecular flexibility index (Phi) is 9.03. The summed E-state index contributed by atoms with van der Waals surface area (Å²) in [6, 6.07) is 22.2. The Morgan fingerprint density at radius 2 is 1.23 bits per heavy atom. The van der Waals surface area contributed by atoms with E-state index in [4.69, 9.17) is 0 Å². The summed E-state index contributed by atoms with van der Waals surface area (Å²) in [5.41, 5.74) is 2.92. The number of hydrogen-bond donors (Lipinski definition) is 0. The van der Waals surface area contributed by atoms with Crippen LogP contribution in [-0.4, -0.2) is 49.1 Å². The normalized spacial score (nSPS) is 19.1. The number of unbranched alkanes of at least 4 members (excludes halogenated alkanes) is 2. The summed E-state index contributed by atoms with van der Waals surface area (Å²) in [4.78, 5) is 5.46. The van der Waals surface area contributed by atoms with Crippen molar-refractivity contribution in [2.45, 2.75) is 63.7 Å². The lowest BCUT2D eigenvalue weighted by Gasteiger charge is -2.37. The Hall–Kier alpha value is -1.64. The molecule has 168 valence electrons. The lowest BCUT2D eigenvalue weighted by Crippen LogP contribution is -2.48. The molecule has 0 unspecified atom stereocenters. The summed E-state index contributed by atoms with van der Waals surface area (Å²) < 4.78 is 0. The van der Waals surface area contributed by atoms with E-state index in [1.165, 1.54) is 108 Å². The van der Waals surface area contributed by atoms with E-state index < -0.39 is 0 Å². The smallest absolute Gasteiger partial charge is 0.0110 e. The van der Waals surface area contributed by atoms with Gasteiger partial charge < -0.3 is 9.80 Å². The zero-order chi connectivity index (χ0) is 21.1. The first-order chi connectivity index (χ1) is 15.4. The SMILES string of the molecule is c1ccc(C(CCCCCN2CCN(CC3CCCCC3)CC2)c2ccccc2)cc1. The van der Waals surface area contributed by atoms with Crippen LogP contribution in [0.1, 0.15) is 74.8 Å². The second-order valence-electron chi connectivity index (χ2n) is 9.87. The number of piperazine rings is 1. The minimum atomic E-state index is 0.533. The number of rotatable bonds is 10. The number of hydrogen-bond acceptors (Lipinski definition) is 2. The Morgan fingerprint density at radius 3 is 1.84 bits per heavy atom. The van der Waals surface area contributed by atoms with Crippen LogP contribution in [0.3, 0.4) is 0 Å². The zero-order valence-corrected chi connectivity index (χ0v) is 19.4. The molecule has 1 saturated heterocycles. The highest BCUT2D eigenvalue weighted by Gasteiger charge is 2.21. The highest BCUT2D eigenvalue weighted by atomic mass is 15.3. The molecule has 2 heteroatoms. The van der Waals surface area contributed by atoms with Crippen LogP contribution in [0.15, 0.2) is 60.7 Å². The maximum absolute atomic E-state index is 2.75. The summed E-state index contributed by atoms with van der Waals surface area (Å²) in [7, 11) is 0. The first-order valence-electron chi connectivity index (χ1n) is 12.9. The van der Waals surface area contributed by atoms with Crippen molar-refractivity contribution >= 4 is 0 Å². The molecule has 1 aliphatic carbocycles. The monoisotopic (exact) mass is 418 g/mol. The maximum Gasteiger partial charge on any atom is 0.0110 e. The van der Waals surface area contributed by atoms with E-state index in [-0.39, 0.29) is 0 Å². The molecule has 0 amide bonds. The van der Waals surface area contributed by atoms with Gasteiger partial charge in [0.25, 0.3) is 0 Å². The van der Waals surface area contributed by atoms with Gasteiger partial charge in [-0.15, -0.1) is 0 Å². The zero-order valence-electron chi connectivity index (χ0n) is 19.4. The largest absolute Gasteiger partial charge is 0.301 e. The van der Waals surface area contributed by atoms with Gasteiger partial charge >= 0.3 is 0 Å². The van der Waals surface area contributed by atoms with Gasteiger partial charge in [-0.2, -0.15) is 0 Å². The first kappa shape index (κ1) is 22.6. The van der Waals surface area contributed by atoms with Crippen molar-refractivity contribution in [2.75, 3.05) is 39.3 Å². The lowest BCUT2D eigenvalue weighted by molar-refractivity contribution is 0.108. The molecular formula is C29H42N2. The Morgan fingerprint density at radius 1 is 0.645 bits per heavy atom. The van der Waals surface area contributed by atoms with Crippen LogP contribution in [0.5, 0.6) is 0 Å². The molecule has 0 bridgehead atoms. The summed E-state index contributed by atoms with van der Waals surface area (Å²) in [6.07, 6.45) is 12.6. The van der Waals surface area contributed by atoms with Crippen molar-refractivity contribution in [3.8, 4) is 0 Å². The number of benzene rings is 2. The summed E-state index contributed by atoms with van der Waals surface area (Å²) in [5.74, 6) is 1.52. The van der Waals surface area contributed by atoms with Crippen LogP contribution in [-0.2, 0) is 0 Å². The minimum Gasteiger partial charge on any atom is -0.301 e. The van der Waals surface area contributed by atoms with Gasteiger partial charge in [0.15, 0.2) is 0 Å². The highest BCUT2D eigenvalue weighted by molar-refractivity contribution is 5.32. The molecule has 0 N–H and O–H groups in total. The van der Waals surface area contributed by atoms with Gasteiger partial charge in [0, 0.05) is 38.6 Å². The second kappa shape index (κ2) is 12.4. The summed E-state index contributed by atoms with van der Waals surface area (Å²) >= 11 is 0. The summed E-state index contributed by atoms with van der Waals surface area (Å²) in [6.45, 7) is 7.81. The van der Waals surface area contributed by atoms with Crippen LogP contribution >= 0.6 is 0 Å². The van der Waals surface area contributed by atoms with E-state index in [1.54, 1.807) is 0 Å². The molecule has 1 saturated carbocycles. The minimum absolute atomic E-state index is 0.533. The molecule has 31 heavy (non-hydrogen) atoms. The van der Waals surface area contributed by atoms with Crippen LogP contribution in [0, 0.1) is 5.92 Å². The van der Waals surface area contributed by atoms with Crippen LogP contribution in [0.2, 0.25) is 0 Å². The van der Waals surface area contributed by atoms with Gasteiger partial charge in [0.2, 0.25) is 0 Å². The molecule has 0 atom stereocenters. The predicted molar refractivity (Wildman–Crippen MR) is 133 cm³/mol. The molecule has 2 aliphatic rings. The van der Waals surface area contributed by atoms with Crippen molar-refractivity contribution in [3.63, 3.8) is 0 Å². The third-order valence-electron chi connectivity index (χ3n) is 7.58. The molecular weight excluding hydrogens is 376 g/mol. The fourth-order valence-electron chi connectivity index (χ4n) is 5.69. The van der Waals surface area contributed by atoms with Gasteiger partial charge in [-0.1, -0.05) is 92.8 Å². The third kappa shape index (κ3) is 7.19. The van der Waals surface area contributed by atoms with Crippen molar-refractivity contribution in [2.24, 2.45) is 5.92 Å². The van der Waals surface area contributed by atoms with Gasteiger partial charge in [-0.3, -0.25) is 0 Å². The molecule has 1 heterocycles. The van der Waals surface area contributed by atoms with Gasteiger partial charge in [0.1, 0.15) is 0 Å². The van der Waals surface area contributed by atoms with E-state index in [0.717, 1.165) is 5.92 Å². The average Bonchev–Trinajstić information content (AvgIpc) is 2.84. The van der Waals surface area contributed by atoms with Crippen LogP contribution in [0.4, 0.5) is 0 Å². The molecule has 2 nitrogen and oxygen atoms in total. The molecule has 0 spiro atoms. The maximum atomic E-state index is 2.75. The fraction of sp³-hybridized carbons (Fsp3) is 0.586. The van der Waals surface area contributed by atoms with E-state index in [0.29, 0.717) is 5.92 Å². The number of nitrogens with zero attached hydrogens (tertiary/aromatic N) is 2. The molecule has 0 radical (unpaired) electrons. The molecule has 2 aromatic rings. The molecule has 1 aliphatic heterocycles. The topological polar surface area (TPSA) is 6.48 Å². The van der Waals surface area contributed by atoms with E-state index >= 15 is 0 Å². The second-order valence-corrected chi connectivity index (χ2v) is 9.87. The van der Waals surface area contributed by atoms with Gasteiger partial charge in [-0.25, -0.2) is 0 Å². The van der Waals surface area contributed by atoms with Crippen molar-refractivity contribution < 1.29 is 0 Å². The van der Waals surface area contributed by atoms with Crippen LogP contribution < -0.4 is 0 Å².